The molecule has 1 amide bonds. The van der Waals surface area contributed by atoms with Gasteiger partial charge in [0, 0.05) is 37.4 Å². The molecule has 33 heavy (non-hydrogen) atoms. The number of sulfonamides is 1. The largest absolute Gasteiger partial charge is 0.495 e. The first-order valence-electron chi connectivity index (χ1n) is 10.4. The lowest BCUT2D eigenvalue weighted by Gasteiger charge is -2.36. The van der Waals surface area contributed by atoms with Gasteiger partial charge in [0.2, 0.25) is 0 Å². The van der Waals surface area contributed by atoms with E-state index < -0.39 is 10.0 Å². The van der Waals surface area contributed by atoms with E-state index >= 15 is 0 Å². The molecule has 0 atom stereocenters. The molecule has 9 heteroatoms. The molecule has 4 rings (SSSR count). The van der Waals surface area contributed by atoms with Crippen molar-refractivity contribution >= 4 is 38.9 Å². The van der Waals surface area contributed by atoms with E-state index in [1.54, 1.807) is 48.4 Å². The quantitative estimate of drug-likeness (QED) is 0.568. The summed E-state index contributed by atoms with van der Waals surface area (Å²) in [5.41, 5.74) is 1.68. The fraction of sp³-hybridized carbons (Fsp3) is 0.208. The minimum Gasteiger partial charge on any atom is -0.495 e. The maximum atomic E-state index is 13.1. The average Bonchev–Trinajstić information content (AvgIpc) is 2.84. The van der Waals surface area contributed by atoms with Gasteiger partial charge in [0.15, 0.2) is 0 Å². The van der Waals surface area contributed by atoms with E-state index in [1.165, 1.54) is 12.1 Å². The van der Waals surface area contributed by atoms with E-state index in [2.05, 4.69) is 9.62 Å². The van der Waals surface area contributed by atoms with Crippen LogP contribution in [-0.2, 0) is 10.0 Å². The van der Waals surface area contributed by atoms with Crippen LogP contribution in [0.25, 0.3) is 0 Å². The van der Waals surface area contributed by atoms with Gasteiger partial charge in [-0.15, -0.1) is 0 Å². The average molecular weight is 486 g/mol. The molecular formula is C24H24ClN3O4S. The molecule has 1 heterocycles. The maximum Gasteiger partial charge on any atom is 0.263 e. The Hall–Kier alpha value is -3.23. The number of amides is 1. The highest BCUT2D eigenvalue weighted by Gasteiger charge is 2.26. The molecule has 0 spiro atoms. The Kier molecular flexibility index (Phi) is 6.76. The highest BCUT2D eigenvalue weighted by atomic mass is 35.5. The van der Waals surface area contributed by atoms with Crippen LogP contribution in [0, 0.1) is 0 Å². The lowest BCUT2D eigenvalue weighted by molar-refractivity contribution is 0.0746. The number of carbonyl (C=O) groups excluding carboxylic acids is 1. The van der Waals surface area contributed by atoms with Crippen molar-refractivity contribution in [1.82, 2.24) is 4.90 Å². The monoisotopic (exact) mass is 485 g/mol. The first-order chi connectivity index (χ1) is 15.9. The molecule has 1 fully saturated rings. The number of hydrogen-bond acceptors (Lipinski definition) is 5. The molecule has 7 nitrogen and oxygen atoms in total. The highest BCUT2D eigenvalue weighted by Crippen LogP contribution is 2.29. The normalized spacial score (nSPS) is 14.1. The number of anilines is 2. The lowest BCUT2D eigenvalue weighted by Crippen LogP contribution is -2.48. The molecule has 0 unspecified atom stereocenters. The predicted molar refractivity (Wildman–Crippen MR) is 130 cm³/mol. The second kappa shape index (κ2) is 9.72. The summed E-state index contributed by atoms with van der Waals surface area (Å²) in [6, 6.07) is 20.6. The molecule has 1 saturated heterocycles. The smallest absolute Gasteiger partial charge is 0.263 e. The summed E-state index contributed by atoms with van der Waals surface area (Å²) < 4.78 is 33.7. The summed E-state index contributed by atoms with van der Waals surface area (Å²) >= 11 is 6.19. The number of nitrogens with one attached hydrogen (secondary N) is 1. The second-order valence-corrected chi connectivity index (χ2v) is 9.63. The van der Waals surface area contributed by atoms with E-state index in [0.29, 0.717) is 31.9 Å². The Morgan fingerprint density at radius 1 is 0.939 bits per heavy atom. The van der Waals surface area contributed by atoms with E-state index in [4.69, 9.17) is 16.3 Å². The summed E-state index contributed by atoms with van der Waals surface area (Å²) in [4.78, 5) is 16.9. The number of halogens is 1. The van der Waals surface area contributed by atoms with Crippen molar-refractivity contribution in [2.45, 2.75) is 4.90 Å². The van der Waals surface area contributed by atoms with E-state index in [0.717, 1.165) is 11.4 Å². The molecule has 0 saturated carbocycles. The van der Waals surface area contributed by atoms with Crippen molar-refractivity contribution in [3.05, 3.63) is 83.4 Å². The number of benzene rings is 3. The number of para-hydroxylation sites is 3. The predicted octanol–water partition coefficient (Wildman–Crippen LogP) is 4.11. The molecule has 1 aliphatic rings. The van der Waals surface area contributed by atoms with Crippen LogP contribution in [0.15, 0.2) is 77.7 Å². The number of ether oxygens (including phenoxy) is 1. The van der Waals surface area contributed by atoms with Gasteiger partial charge in [-0.25, -0.2) is 8.42 Å². The number of carbonyl (C=O) groups is 1. The fourth-order valence-electron chi connectivity index (χ4n) is 3.78. The Labute approximate surface area is 198 Å². The third kappa shape index (κ3) is 5.07. The van der Waals surface area contributed by atoms with Gasteiger partial charge >= 0.3 is 0 Å². The Morgan fingerprint density at radius 2 is 1.61 bits per heavy atom. The fourth-order valence-corrected chi connectivity index (χ4v) is 5.37. The molecule has 0 radical (unpaired) electrons. The van der Waals surface area contributed by atoms with Crippen LogP contribution < -0.4 is 14.4 Å². The zero-order valence-corrected chi connectivity index (χ0v) is 19.6. The summed E-state index contributed by atoms with van der Waals surface area (Å²) in [6.45, 7) is 2.29. The van der Waals surface area contributed by atoms with E-state index in [1.807, 2.05) is 24.3 Å². The molecule has 3 aromatic carbocycles. The molecular weight excluding hydrogens is 462 g/mol. The van der Waals surface area contributed by atoms with Crippen LogP contribution >= 0.6 is 11.6 Å². The third-order valence-electron chi connectivity index (χ3n) is 5.49. The minimum absolute atomic E-state index is 0.0518. The zero-order valence-electron chi connectivity index (χ0n) is 18.1. The van der Waals surface area contributed by atoms with Crippen molar-refractivity contribution < 1.29 is 17.9 Å². The Balaban J connectivity index is 1.49. The van der Waals surface area contributed by atoms with Crippen molar-refractivity contribution in [2.24, 2.45) is 0 Å². The van der Waals surface area contributed by atoms with Gasteiger partial charge in [-0.05, 0) is 42.5 Å². The van der Waals surface area contributed by atoms with Crippen LogP contribution in [-0.4, -0.2) is 52.5 Å². The standard InChI is InChI=1S/C24H24ClN3O4S/c1-32-22-10-6-5-9-21(22)27-13-15-28(16-14-27)24(29)18-11-12-20(25)23(17-18)33(30,31)26-19-7-3-2-4-8-19/h2-12,17,26H,13-16H2,1H3. The van der Waals surface area contributed by atoms with Gasteiger partial charge in [0.05, 0.1) is 17.8 Å². The van der Waals surface area contributed by atoms with Gasteiger partial charge in [-0.3, -0.25) is 9.52 Å². The summed E-state index contributed by atoms with van der Waals surface area (Å²) in [6.07, 6.45) is 0. The molecule has 1 N–H and O–H groups in total. The van der Waals surface area contributed by atoms with Crippen LogP contribution in [0.2, 0.25) is 5.02 Å². The van der Waals surface area contributed by atoms with Gasteiger partial charge < -0.3 is 14.5 Å². The first-order valence-corrected chi connectivity index (χ1v) is 12.3. The summed E-state index contributed by atoms with van der Waals surface area (Å²) in [7, 11) is -2.32. The Bertz CT molecular complexity index is 1240. The molecule has 0 bridgehead atoms. The minimum atomic E-state index is -3.96. The van der Waals surface area contributed by atoms with Crippen molar-refractivity contribution in [3.63, 3.8) is 0 Å². The zero-order chi connectivity index (χ0) is 23.4. The lowest BCUT2D eigenvalue weighted by atomic mass is 10.1. The van der Waals surface area contributed by atoms with Gasteiger partial charge in [-0.2, -0.15) is 0 Å². The van der Waals surface area contributed by atoms with Crippen LogP contribution in [0.5, 0.6) is 5.75 Å². The summed E-state index contributed by atoms with van der Waals surface area (Å²) in [5.74, 6) is 0.554. The SMILES string of the molecule is COc1ccccc1N1CCN(C(=O)c2ccc(Cl)c(S(=O)(=O)Nc3ccccc3)c2)CC1. The molecule has 172 valence electrons. The van der Waals surface area contributed by atoms with Gasteiger partial charge in [-0.1, -0.05) is 41.9 Å². The van der Waals surface area contributed by atoms with Crippen molar-refractivity contribution in [1.29, 1.82) is 0 Å². The number of nitrogens with zero attached hydrogens (tertiary/aromatic N) is 2. The van der Waals surface area contributed by atoms with E-state index in [9.17, 15) is 13.2 Å². The number of rotatable bonds is 6. The number of piperazine rings is 1. The highest BCUT2D eigenvalue weighted by molar-refractivity contribution is 7.92. The number of methoxy groups -OCH3 is 1. The van der Waals surface area contributed by atoms with Gasteiger partial charge in [0.1, 0.15) is 10.6 Å². The second-order valence-electron chi connectivity index (χ2n) is 7.57. The van der Waals surface area contributed by atoms with E-state index in [-0.39, 0.29) is 21.4 Å². The van der Waals surface area contributed by atoms with Crippen LogP contribution in [0.1, 0.15) is 10.4 Å². The molecule has 1 aliphatic heterocycles. The first kappa shape index (κ1) is 22.9. The molecule has 0 aliphatic carbocycles. The molecule has 3 aromatic rings. The van der Waals surface area contributed by atoms with Crippen molar-refractivity contribution in [2.75, 3.05) is 42.9 Å². The van der Waals surface area contributed by atoms with Crippen LogP contribution in [0.3, 0.4) is 0 Å². The van der Waals surface area contributed by atoms with Gasteiger partial charge in [0.25, 0.3) is 15.9 Å². The third-order valence-corrected chi connectivity index (χ3v) is 7.35. The summed E-state index contributed by atoms with van der Waals surface area (Å²) in [5, 5.41) is 0.0518. The Morgan fingerprint density at radius 3 is 2.30 bits per heavy atom. The maximum absolute atomic E-state index is 13.1. The topological polar surface area (TPSA) is 79.0 Å². The van der Waals surface area contributed by atoms with Crippen molar-refractivity contribution in [3.8, 4) is 5.75 Å². The van der Waals surface area contributed by atoms with Crippen LogP contribution in [0.4, 0.5) is 11.4 Å². The molecule has 0 aromatic heterocycles. The number of hydrogen-bond donors (Lipinski definition) is 1.